The van der Waals surface area contributed by atoms with Crippen molar-refractivity contribution in [3.8, 4) is 6.07 Å². The number of nitriles is 1. The van der Waals surface area contributed by atoms with Gasteiger partial charge in [0.05, 0.1) is 4.92 Å². The van der Waals surface area contributed by atoms with Crippen LogP contribution in [0.5, 0.6) is 0 Å². The lowest BCUT2D eigenvalue weighted by Gasteiger charge is -2.22. The second-order valence-corrected chi connectivity index (χ2v) is 5.18. The van der Waals surface area contributed by atoms with Crippen molar-refractivity contribution >= 4 is 23.3 Å². The zero-order valence-corrected chi connectivity index (χ0v) is 10.4. The largest absolute Gasteiger partial charge is 0.362 e. The standard InChI is InChI=1S/C11H12N4O2S/c12-7-8-1-4-13-11(10(8)15(16)17)14-9-2-5-18-6-3-9/h1,4,9H,2-3,5-6H2,(H,13,14). The van der Waals surface area contributed by atoms with Crippen LogP contribution in [0.15, 0.2) is 12.3 Å². The minimum Gasteiger partial charge on any atom is -0.362 e. The molecule has 94 valence electrons. The molecule has 1 aliphatic heterocycles. The first-order valence-corrected chi connectivity index (χ1v) is 6.75. The zero-order valence-electron chi connectivity index (χ0n) is 9.63. The Hall–Kier alpha value is -1.81. The van der Waals surface area contributed by atoms with Gasteiger partial charge in [-0.3, -0.25) is 10.1 Å². The zero-order chi connectivity index (χ0) is 13.0. The lowest BCUT2D eigenvalue weighted by atomic mass is 10.1. The van der Waals surface area contributed by atoms with Crippen LogP contribution in [0.3, 0.4) is 0 Å². The van der Waals surface area contributed by atoms with E-state index in [4.69, 9.17) is 5.26 Å². The summed E-state index contributed by atoms with van der Waals surface area (Å²) >= 11 is 1.88. The van der Waals surface area contributed by atoms with Crippen molar-refractivity contribution in [3.05, 3.63) is 27.9 Å². The maximum atomic E-state index is 11.0. The average Bonchev–Trinajstić information content (AvgIpc) is 2.39. The Kier molecular flexibility index (Phi) is 3.99. The van der Waals surface area contributed by atoms with Crippen LogP contribution in [-0.4, -0.2) is 27.5 Å². The van der Waals surface area contributed by atoms with Gasteiger partial charge >= 0.3 is 5.69 Å². The highest BCUT2D eigenvalue weighted by Gasteiger charge is 2.24. The lowest BCUT2D eigenvalue weighted by Crippen LogP contribution is -2.25. The summed E-state index contributed by atoms with van der Waals surface area (Å²) in [5.74, 6) is 2.29. The number of pyridine rings is 1. The fourth-order valence-electron chi connectivity index (χ4n) is 1.87. The molecule has 0 atom stereocenters. The summed E-state index contributed by atoms with van der Waals surface area (Å²) < 4.78 is 0. The molecule has 1 aliphatic rings. The Balaban J connectivity index is 2.26. The molecule has 0 amide bonds. The van der Waals surface area contributed by atoms with Gasteiger partial charge in [-0.15, -0.1) is 0 Å². The molecule has 0 radical (unpaired) electrons. The Labute approximate surface area is 109 Å². The van der Waals surface area contributed by atoms with Crippen LogP contribution in [0.2, 0.25) is 0 Å². The Morgan fingerprint density at radius 2 is 2.28 bits per heavy atom. The second kappa shape index (κ2) is 5.69. The van der Waals surface area contributed by atoms with E-state index in [9.17, 15) is 10.1 Å². The number of rotatable bonds is 3. The molecule has 2 rings (SSSR count). The van der Waals surface area contributed by atoms with E-state index in [1.807, 2.05) is 17.8 Å². The Morgan fingerprint density at radius 1 is 1.56 bits per heavy atom. The van der Waals surface area contributed by atoms with Crippen molar-refractivity contribution in [2.24, 2.45) is 0 Å². The normalized spacial score (nSPS) is 15.9. The molecule has 7 heteroatoms. The summed E-state index contributed by atoms with van der Waals surface area (Å²) in [6, 6.07) is 3.39. The number of aromatic nitrogens is 1. The van der Waals surface area contributed by atoms with E-state index in [2.05, 4.69) is 10.3 Å². The van der Waals surface area contributed by atoms with E-state index < -0.39 is 4.92 Å². The third kappa shape index (κ3) is 2.71. The van der Waals surface area contributed by atoms with Gasteiger partial charge < -0.3 is 5.32 Å². The quantitative estimate of drug-likeness (QED) is 0.664. The predicted molar refractivity (Wildman–Crippen MR) is 69.6 cm³/mol. The number of hydrogen-bond donors (Lipinski definition) is 1. The average molecular weight is 264 g/mol. The topological polar surface area (TPSA) is 91.8 Å². The highest BCUT2D eigenvalue weighted by molar-refractivity contribution is 7.99. The molecule has 0 aromatic carbocycles. The lowest BCUT2D eigenvalue weighted by molar-refractivity contribution is -0.384. The molecular weight excluding hydrogens is 252 g/mol. The summed E-state index contributed by atoms with van der Waals surface area (Å²) in [6.07, 6.45) is 3.34. The number of nitrogens with zero attached hydrogens (tertiary/aromatic N) is 3. The van der Waals surface area contributed by atoms with Crippen molar-refractivity contribution in [1.82, 2.24) is 4.98 Å². The molecule has 1 aromatic heterocycles. The highest BCUT2D eigenvalue weighted by atomic mass is 32.2. The van der Waals surface area contributed by atoms with Gasteiger partial charge in [-0.2, -0.15) is 17.0 Å². The van der Waals surface area contributed by atoms with Gasteiger partial charge in [0.2, 0.25) is 5.82 Å². The van der Waals surface area contributed by atoms with Gasteiger partial charge in [-0.1, -0.05) is 0 Å². The molecule has 0 bridgehead atoms. The van der Waals surface area contributed by atoms with E-state index >= 15 is 0 Å². The number of nitro groups is 1. The van der Waals surface area contributed by atoms with Gasteiger partial charge in [-0.05, 0) is 30.4 Å². The van der Waals surface area contributed by atoms with Crippen LogP contribution in [0.1, 0.15) is 18.4 Å². The van der Waals surface area contributed by atoms with Gasteiger partial charge in [0.15, 0.2) is 0 Å². The van der Waals surface area contributed by atoms with Crippen LogP contribution in [-0.2, 0) is 0 Å². The smallest absolute Gasteiger partial charge is 0.328 e. The van der Waals surface area contributed by atoms with E-state index in [1.54, 1.807) is 0 Å². The van der Waals surface area contributed by atoms with Crippen LogP contribution >= 0.6 is 11.8 Å². The van der Waals surface area contributed by atoms with Crippen LogP contribution < -0.4 is 5.32 Å². The maximum absolute atomic E-state index is 11.0. The molecule has 0 spiro atoms. The summed E-state index contributed by atoms with van der Waals surface area (Å²) in [4.78, 5) is 14.5. The number of thioether (sulfide) groups is 1. The molecule has 1 fully saturated rings. The molecule has 1 aromatic rings. The number of nitrogens with one attached hydrogen (secondary N) is 1. The van der Waals surface area contributed by atoms with Crippen molar-refractivity contribution < 1.29 is 4.92 Å². The molecule has 1 saturated heterocycles. The van der Waals surface area contributed by atoms with Gasteiger partial charge in [0.1, 0.15) is 11.6 Å². The van der Waals surface area contributed by atoms with E-state index in [1.165, 1.54) is 12.3 Å². The molecule has 0 saturated carbocycles. The molecule has 2 heterocycles. The molecule has 0 unspecified atom stereocenters. The van der Waals surface area contributed by atoms with E-state index in [0.29, 0.717) is 0 Å². The molecular formula is C11H12N4O2S. The van der Waals surface area contributed by atoms with Crippen molar-refractivity contribution in [2.75, 3.05) is 16.8 Å². The van der Waals surface area contributed by atoms with Crippen LogP contribution in [0.4, 0.5) is 11.5 Å². The molecule has 1 N–H and O–H groups in total. The fourth-order valence-corrected chi connectivity index (χ4v) is 2.98. The van der Waals surface area contributed by atoms with Gasteiger partial charge in [-0.25, -0.2) is 4.98 Å². The maximum Gasteiger partial charge on any atom is 0.328 e. The minimum atomic E-state index is -0.550. The van der Waals surface area contributed by atoms with Crippen molar-refractivity contribution in [1.29, 1.82) is 5.26 Å². The van der Waals surface area contributed by atoms with Gasteiger partial charge in [0, 0.05) is 12.2 Å². The highest BCUT2D eigenvalue weighted by Crippen LogP contribution is 2.28. The number of anilines is 1. The van der Waals surface area contributed by atoms with Crippen LogP contribution in [0, 0.1) is 21.4 Å². The monoisotopic (exact) mass is 264 g/mol. The SMILES string of the molecule is N#Cc1ccnc(NC2CCSCC2)c1[N+](=O)[O-]. The first kappa shape index (κ1) is 12.6. The third-order valence-electron chi connectivity index (χ3n) is 2.79. The Bertz CT molecular complexity index is 494. The first-order valence-electron chi connectivity index (χ1n) is 5.60. The van der Waals surface area contributed by atoms with Gasteiger partial charge in [0.25, 0.3) is 0 Å². The summed E-state index contributed by atoms with van der Waals surface area (Å²) in [5, 5.41) is 23.0. The van der Waals surface area contributed by atoms with Crippen LogP contribution in [0.25, 0.3) is 0 Å². The predicted octanol–water partition coefficient (Wildman–Crippen LogP) is 2.17. The summed E-state index contributed by atoms with van der Waals surface area (Å²) in [5.41, 5.74) is -0.180. The summed E-state index contributed by atoms with van der Waals surface area (Å²) in [7, 11) is 0. The first-order chi connectivity index (χ1) is 8.72. The fraction of sp³-hybridized carbons (Fsp3) is 0.455. The van der Waals surface area contributed by atoms with E-state index in [0.717, 1.165) is 24.3 Å². The van der Waals surface area contributed by atoms with Crippen molar-refractivity contribution in [3.63, 3.8) is 0 Å². The van der Waals surface area contributed by atoms with E-state index in [-0.39, 0.29) is 23.1 Å². The third-order valence-corrected chi connectivity index (χ3v) is 3.84. The van der Waals surface area contributed by atoms with Crippen molar-refractivity contribution in [2.45, 2.75) is 18.9 Å². The second-order valence-electron chi connectivity index (χ2n) is 3.96. The minimum absolute atomic E-state index is 0.0442. The molecule has 6 nitrogen and oxygen atoms in total. The molecule has 18 heavy (non-hydrogen) atoms. The summed E-state index contributed by atoms with van der Waals surface area (Å²) in [6.45, 7) is 0. The molecule has 0 aliphatic carbocycles. The number of hydrogen-bond acceptors (Lipinski definition) is 6. The Morgan fingerprint density at radius 3 is 2.89 bits per heavy atom.